The Morgan fingerprint density at radius 3 is 2.82 bits per heavy atom. The second-order valence-corrected chi connectivity index (χ2v) is 8.55. The van der Waals surface area contributed by atoms with Gasteiger partial charge in [-0.3, -0.25) is 4.98 Å². The number of aryl methyl sites for hydroxylation is 1. The zero-order valence-corrected chi connectivity index (χ0v) is 18.6. The maximum absolute atomic E-state index is 15.1. The van der Waals surface area contributed by atoms with E-state index in [2.05, 4.69) is 26.3 Å². The van der Waals surface area contributed by atoms with Gasteiger partial charge in [0.2, 0.25) is 0 Å². The molecular weight excluding hydrogens is 417 g/mol. The van der Waals surface area contributed by atoms with Crippen LogP contribution in [0.3, 0.4) is 0 Å². The first-order valence-electron chi connectivity index (χ1n) is 11.4. The summed E-state index contributed by atoms with van der Waals surface area (Å²) < 4.78 is 21.0. The second-order valence-electron chi connectivity index (χ2n) is 8.55. The van der Waals surface area contributed by atoms with Crippen molar-refractivity contribution in [3.63, 3.8) is 0 Å². The number of nitriles is 1. The van der Waals surface area contributed by atoms with Crippen molar-refractivity contribution < 1.29 is 9.13 Å². The number of benzene rings is 2. The summed E-state index contributed by atoms with van der Waals surface area (Å²) in [7, 11) is 0. The first-order chi connectivity index (χ1) is 16.1. The number of halogens is 1. The highest BCUT2D eigenvalue weighted by atomic mass is 19.1. The van der Waals surface area contributed by atoms with Crippen molar-refractivity contribution in [3.8, 4) is 11.8 Å². The van der Waals surface area contributed by atoms with E-state index in [0.29, 0.717) is 40.2 Å². The summed E-state index contributed by atoms with van der Waals surface area (Å²) in [6, 6.07) is 12.9. The minimum Gasteiger partial charge on any atom is -0.492 e. The lowest BCUT2D eigenvalue weighted by Gasteiger charge is -2.15. The number of nitrogens with zero attached hydrogens (tertiary/aromatic N) is 3. The average molecular weight is 444 g/mol. The van der Waals surface area contributed by atoms with Crippen LogP contribution in [0.1, 0.15) is 30.5 Å². The Balaban J connectivity index is 1.39. The van der Waals surface area contributed by atoms with Crippen LogP contribution in [0.5, 0.6) is 5.75 Å². The van der Waals surface area contributed by atoms with E-state index in [1.807, 2.05) is 13.0 Å². The third-order valence-electron chi connectivity index (χ3n) is 6.18. The number of nitrogens with one attached hydrogen (secondary N) is 2. The monoisotopic (exact) mass is 443 g/mol. The molecule has 1 aliphatic rings. The molecule has 7 heteroatoms. The maximum Gasteiger partial charge on any atom is 0.155 e. The minimum atomic E-state index is -0.319. The molecule has 2 aromatic heterocycles. The van der Waals surface area contributed by atoms with Crippen LogP contribution in [0.4, 0.5) is 15.8 Å². The number of likely N-dealkylation sites (tertiary alicyclic amines) is 1. The van der Waals surface area contributed by atoms with Gasteiger partial charge < -0.3 is 19.9 Å². The summed E-state index contributed by atoms with van der Waals surface area (Å²) in [5, 5.41) is 14.2. The first-order valence-corrected chi connectivity index (χ1v) is 11.4. The SMILES string of the molecule is Cc1cc2c(F)c(Nc3ccnc4cc(OCCCN5CCCC5)c(C#N)cc34)ccc2[nH]1. The highest BCUT2D eigenvalue weighted by molar-refractivity contribution is 5.96. The number of H-pyrrole nitrogens is 1. The van der Waals surface area contributed by atoms with Gasteiger partial charge in [-0.2, -0.15) is 5.26 Å². The number of hydrogen-bond donors (Lipinski definition) is 2. The van der Waals surface area contributed by atoms with Gasteiger partial charge in [0.15, 0.2) is 5.82 Å². The van der Waals surface area contributed by atoms with Crippen molar-refractivity contribution in [2.45, 2.75) is 26.2 Å². The van der Waals surface area contributed by atoms with Crippen molar-refractivity contribution in [3.05, 3.63) is 59.7 Å². The van der Waals surface area contributed by atoms with Gasteiger partial charge in [0, 0.05) is 46.5 Å². The standard InChI is InChI=1S/C26H26FN5O/c1-17-13-20-21(30-17)5-6-23(26(20)27)31-22-7-8-29-24-15-25(18(16-28)14-19(22)24)33-12-4-11-32-9-2-3-10-32/h5-8,13-15,30H,2-4,9-12H2,1H3,(H,29,31). The molecule has 0 radical (unpaired) electrons. The summed E-state index contributed by atoms with van der Waals surface area (Å²) in [4.78, 5) is 10.0. The molecule has 0 unspecified atom stereocenters. The third-order valence-corrected chi connectivity index (χ3v) is 6.18. The zero-order chi connectivity index (χ0) is 22.8. The molecule has 1 fully saturated rings. The summed E-state index contributed by atoms with van der Waals surface area (Å²) in [6.45, 7) is 5.79. The van der Waals surface area contributed by atoms with Crippen LogP contribution in [0.25, 0.3) is 21.8 Å². The number of aromatic nitrogens is 2. The fraction of sp³-hybridized carbons (Fsp3) is 0.308. The fourth-order valence-corrected chi connectivity index (χ4v) is 4.52. The molecule has 3 heterocycles. The molecule has 0 saturated carbocycles. The number of anilines is 2. The van der Waals surface area contributed by atoms with Crippen molar-refractivity contribution >= 4 is 33.2 Å². The molecular formula is C26H26FN5O. The smallest absolute Gasteiger partial charge is 0.155 e. The predicted molar refractivity (Wildman–Crippen MR) is 129 cm³/mol. The fourth-order valence-electron chi connectivity index (χ4n) is 4.52. The van der Waals surface area contributed by atoms with E-state index >= 15 is 4.39 Å². The van der Waals surface area contributed by atoms with E-state index in [-0.39, 0.29) is 5.82 Å². The van der Waals surface area contributed by atoms with Crippen LogP contribution in [0.2, 0.25) is 0 Å². The summed E-state index contributed by atoms with van der Waals surface area (Å²) in [5.41, 5.74) is 3.84. The maximum atomic E-state index is 15.1. The molecule has 2 N–H and O–H groups in total. The quantitative estimate of drug-likeness (QED) is 0.361. The molecule has 0 aliphatic carbocycles. The molecule has 2 aromatic carbocycles. The molecule has 33 heavy (non-hydrogen) atoms. The number of pyridine rings is 1. The number of fused-ring (bicyclic) bond motifs is 2. The molecule has 6 nitrogen and oxygen atoms in total. The van der Waals surface area contributed by atoms with Gasteiger partial charge in [-0.05, 0) is 69.6 Å². The van der Waals surface area contributed by atoms with Gasteiger partial charge in [0.1, 0.15) is 11.8 Å². The molecule has 1 aliphatic heterocycles. The van der Waals surface area contributed by atoms with E-state index in [9.17, 15) is 5.26 Å². The number of aromatic amines is 1. The Kier molecular flexibility index (Phi) is 5.84. The average Bonchev–Trinajstić information content (AvgIpc) is 3.47. The van der Waals surface area contributed by atoms with E-state index in [1.54, 1.807) is 36.5 Å². The summed E-state index contributed by atoms with van der Waals surface area (Å²) in [5.74, 6) is 0.215. The first kappa shape index (κ1) is 21.2. The molecule has 0 amide bonds. The lowest BCUT2D eigenvalue weighted by molar-refractivity contribution is 0.263. The van der Waals surface area contributed by atoms with Gasteiger partial charge in [-0.15, -0.1) is 0 Å². The summed E-state index contributed by atoms with van der Waals surface area (Å²) in [6.07, 6.45) is 5.13. The topological polar surface area (TPSA) is 77.0 Å². The number of hydrogen-bond acceptors (Lipinski definition) is 5. The minimum absolute atomic E-state index is 0.319. The van der Waals surface area contributed by atoms with Gasteiger partial charge in [0.05, 0.1) is 23.4 Å². The van der Waals surface area contributed by atoms with Crippen molar-refractivity contribution in [2.75, 3.05) is 31.6 Å². The zero-order valence-electron chi connectivity index (χ0n) is 18.6. The molecule has 0 atom stereocenters. The van der Waals surface area contributed by atoms with E-state index < -0.39 is 0 Å². The van der Waals surface area contributed by atoms with E-state index in [4.69, 9.17) is 4.74 Å². The Labute approximate surface area is 192 Å². The Morgan fingerprint density at radius 2 is 2.00 bits per heavy atom. The van der Waals surface area contributed by atoms with Crippen LogP contribution in [0.15, 0.2) is 42.6 Å². The van der Waals surface area contributed by atoms with Crippen molar-refractivity contribution in [2.24, 2.45) is 0 Å². The normalized spacial score (nSPS) is 14.1. The predicted octanol–water partition coefficient (Wildman–Crippen LogP) is 5.64. The van der Waals surface area contributed by atoms with Gasteiger partial charge in [-0.25, -0.2) is 4.39 Å². The van der Waals surface area contributed by atoms with Crippen molar-refractivity contribution in [1.29, 1.82) is 5.26 Å². The lowest BCUT2D eigenvalue weighted by atomic mass is 10.1. The Bertz CT molecular complexity index is 1350. The highest BCUT2D eigenvalue weighted by Gasteiger charge is 2.14. The van der Waals surface area contributed by atoms with Gasteiger partial charge in [-0.1, -0.05) is 0 Å². The highest BCUT2D eigenvalue weighted by Crippen LogP contribution is 2.33. The molecule has 5 rings (SSSR count). The van der Waals surface area contributed by atoms with Crippen LogP contribution < -0.4 is 10.1 Å². The van der Waals surface area contributed by atoms with Crippen LogP contribution in [-0.4, -0.2) is 41.1 Å². The third kappa shape index (κ3) is 4.35. The van der Waals surface area contributed by atoms with Crippen LogP contribution >= 0.6 is 0 Å². The van der Waals surface area contributed by atoms with Gasteiger partial charge >= 0.3 is 0 Å². The lowest BCUT2D eigenvalue weighted by Crippen LogP contribution is -2.22. The number of rotatable bonds is 7. The summed E-state index contributed by atoms with van der Waals surface area (Å²) >= 11 is 0. The molecule has 4 aromatic rings. The molecule has 1 saturated heterocycles. The van der Waals surface area contributed by atoms with E-state index in [0.717, 1.165) is 42.7 Å². The van der Waals surface area contributed by atoms with E-state index in [1.165, 1.54) is 12.8 Å². The second kappa shape index (κ2) is 9.08. The molecule has 0 spiro atoms. The Morgan fingerprint density at radius 1 is 1.15 bits per heavy atom. The number of ether oxygens (including phenoxy) is 1. The molecule has 0 bridgehead atoms. The Hall–Kier alpha value is -3.63. The van der Waals surface area contributed by atoms with Gasteiger partial charge in [0.25, 0.3) is 0 Å². The van der Waals surface area contributed by atoms with Crippen LogP contribution in [-0.2, 0) is 0 Å². The van der Waals surface area contributed by atoms with Crippen LogP contribution in [0, 0.1) is 24.1 Å². The largest absolute Gasteiger partial charge is 0.492 e. The van der Waals surface area contributed by atoms with Crippen molar-refractivity contribution in [1.82, 2.24) is 14.9 Å². The molecule has 168 valence electrons.